The molecule has 6 unspecified atom stereocenters. The number of hydrogen-bond donors (Lipinski definition) is 6. The number of anilines is 3. The molecule has 0 spiro atoms. The topological polar surface area (TPSA) is 201 Å². The number of aryl methyl sites for hydroxylation is 1. The average molecular weight is 1050 g/mol. The monoisotopic (exact) mass is 1050 g/mol. The van der Waals surface area contributed by atoms with Crippen LogP contribution in [0.1, 0.15) is 116 Å². The molecule has 0 radical (unpaired) electrons. The molecule has 1 aliphatic carbocycles. The largest absolute Gasteiger partial charge is 0.486 e. The number of rotatable bonds is 16. The quantitative estimate of drug-likeness (QED) is 0.0305. The van der Waals surface area contributed by atoms with Gasteiger partial charge in [-0.25, -0.2) is 0 Å². The van der Waals surface area contributed by atoms with E-state index in [1.807, 2.05) is 59.1 Å². The Bertz CT molecular complexity index is 3430. The summed E-state index contributed by atoms with van der Waals surface area (Å²) >= 11 is 0. The third-order valence-corrected chi connectivity index (χ3v) is 16.8. The number of terminal acetylenes is 1. The highest BCUT2D eigenvalue weighted by atomic mass is 16.5. The van der Waals surface area contributed by atoms with Crippen LogP contribution in [0.2, 0.25) is 0 Å². The first-order chi connectivity index (χ1) is 37.7. The lowest BCUT2D eigenvalue weighted by molar-refractivity contribution is -0.125. The van der Waals surface area contributed by atoms with E-state index in [2.05, 4.69) is 85.0 Å². The number of nitrogens with two attached hydrogens (primary N) is 1. The lowest BCUT2D eigenvalue weighted by Gasteiger charge is -2.34. The number of nitrogen functional groups attached to an aromatic ring is 1. The molecule has 2 bridgehead atoms. The Morgan fingerprint density at radius 2 is 1.83 bits per heavy atom. The number of carbonyl (C=O) groups is 1. The molecule has 7 N–H and O–H groups in total. The lowest BCUT2D eigenvalue weighted by Crippen LogP contribution is -2.45. The van der Waals surface area contributed by atoms with Gasteiger partial charge in [0.25, 0.3) is 0 Å². The minimum atomic E-state index is -0.703. The number of carbonyl (C=O) groups excluding carboxylic acids is 1. The molecule has 2 aromatic heterocycles. The van der Waals surface area contributed by atoms with E-state index >= 15 is 0 Å². The maximum atomic E-state index is 14.0. The number of nitrogens with zero attached hydrogens (tertiary/aromatic N) is 6. The maximum absolute atomic E-state index is 14.0. The highest BCUT2D eigenvalue weighted by Gasteiger charge is 2.43. The average Bonchev–Trinajstić information content (AvgIpc) is 3.93. The number of β-amino-alcohol motifs (C(OH)–C–C–N with tert-alkyl or cyclic N) is 1. The predicted molar refractivity (Wildman–Crippen MR) is 306 cm³/mol. The van der Waals surface area contributed by atoms with Gasteiger partial charge in [0, 0.05) is 114 Å². The summed E-state index contributed by atoms with van der Waals surface area (Å²) in [7, 11) is 0. The van der Waals surface area contributed by atoms with E-state index in [0.29, 0.717) is 70.9 Å². The van der Waals surface area contributed by atoms with Crippen molar-refractivity contribution in [3.05, 3.63) is 125 Å². The summed E-state index contributed by atoms with van der Waals surface area (Å²) in [6, 6.07) is 19.8. The number of ether oxygens (including phenoxy) is 3. The van der Waals surface area contributed by atoms with E-state index in [9.17, 15) is 9.90 Å². The Kier molecular flexibility index (Phi) is 13.5. The minimum absolute atomic E-state index is 0.0213. The Morgan fingerprint density at radius 3 is 2.54 bits per heavy atom. The normalized spacial score (nSPS) is 21.5. The van der Waals surface area contributed by atoms with Crippen molar-refractivity contribution in [2.75, 3.05) is 48.8 Å². The van der Waals surface area contributed by atoms with Crippen molar-refractivity contribution >= 4 is 45.9 Å². The van der Waals surface area contributed by atoms with E-state index in [-0.39, 0.29) is 55.5 Å². The third-order valence-electron chi connectivity index (χ3n) is 16.8. The second-order valence-corrected chi connectivity index (χ2v) is 22.5. The van der Waals surface area contributed by atoms with Crippen LogP contribution in [0.25, 0.3) is 38.9 Å². The first-order valence-corrected chi connectivity index (χ1v) is 27.6. The van der Waals surface area contributed by atoms with Gasteiger partial charge in [-0.3, -0.25) is 9.48 Å². The van der Waals surface area contributed by atoms with Crippen LogP contribution >= 0.6 is 0 Å². The van der Waals surface area contributed by atoms with Gasteiger partial charge in [0.05, 0.1) is 37.1 Å². The van der Waals surface area contributed by atoms with Crippen molar-refractivity contribution in [2.24, 2.45) is 5.92 Å². The highest BCUT2D eigenvalue weighted by Crippen LogP contribution is 2.53. The Balaban J connectivity index is 0.883. The molecule has 16 heteroatoms. The number of piperazine rings is 1. The van der Waals surface area contributed by atoms with Crippen LogP contribution in [0.4, 0.5) is 17.2 Å². The second-order valence-electron chi connectivity index (χ2n) is 22.5. The van der Waals surface area contributed by atoms with Crippen LogP contribution in [0.5, 0.6) is 11.8 Å². The van der Waals surface area contributed by atoms with E-state index in [1.54, 1.807) is 0 Å². The molecular formula is C62H69N11O5. The van der Waals surface area contributed by atoms with Gasteiger partial charge in [-0.15, -0.1) is 6.42 Å². The summed E-state index contributed by atoms with van der Waals surface area (Å²) in [5.41, 5.74) is 19.8. The van der Waals surface area contributed by atoms with Crippen LogP contribution in [0.15, 0.2) is 85.7 Å². The fourth-order valence-corrected chi connectivity index (χ4v) is 12.6. The number of aromatic nitrogens is 4. The summed E-state index contributed by atoms with van der Waals surface area (Å²) in [5.74, 6) is 4.24. The maximum Gasteiger partial charge on any atom is 0.319 e. The van der Waals surface area contributed by atoms with Crippen molar-refractivity contribution in [1.82, 2.24) is 35.3 Å². The molecule has 16 nitrogen and oxygen atoms in total. The van der Waals surface area contributed by atoms with Gasteiger partial charge in [0.15, 0.2) is 5.75 Å². The number of amides is 1. The van der Waals surface area contributed by atoms with Gasteiger partial charge < -0.3 is 56.2 Å². The standard InChI is InChI=1S/C62H69N11O5/c1-8-38-10-13-40(14-11-38)35(5)67-61(75)53-25-44(74)30-71(53)37(7)58(33(2)3)73-31-50-46-17-12-39(23-52(46)66-36(6)56(50)70-73)32-77-59-55(54-34(4)9-18-51(64)49(54)27-63)47(41-15-16-41)26-48-57(59)68-62(78-45-19-21-76-22-20-45)69-60(48)72-29-42-24-43(72)28-65-42/h1,9-14,17-18,23,26-27,31,33,35,41-45,53,58,63,65-66,74H,6-7,15-16,19-22,24-25,28-30,32,64H2,2-5H3,(H,67,75). The predicted octanol–water partition coefficient (Wildman–Crippen LogP) is 9.01. The Labute approximate surface area is 456 Å². The fourth-order valence-electron chi connectivity index (χ4n) is 12.6. The van der Waals surface area contributed by atoms with E-state index in [4.69, 9.17) is 46.8 Å². The molecule has 12 rings (SSSR count). The molecule has 5 aliphatic heterocycles. The summed E-state index contributed by atoms with van der Waals surface area (Å²) in [6.45, 7) is 20.7. The number of benzene rings is 4. The molecular weight excluding hydrogens is 979 g/mol. The number of hydrogen-bond acceptors (Lipinski definition) is 14. The van der Waals surface area contributed by atoms with Gasteiger partial charge >= 0.3 is 6.01 Å². The van der Waals surface area contributed by atoms with Crippen molar-refractivity contribution in [1.29, 1.82) is 5.41 Å². The van der Waals surface area contributed by atoms with Crippen LogP contribution in [-0.4, -0.2) is 105 Å². The van der Waals surface area contributed by atoms with E-state index < -0.39 is 12.1 Å². The smallest absolute Gasteiger partial charge is 0.319 e. The number of likely N-dealkylation sites (tertiary alicyclic amines) is 1. The number of allylic oxidation sites excluding steroid dienone is 1. The molecule has 402 valence electrons. The molecule has 6 aliphatic rings. The Morgan fingerprint density at radius 1 is 1.04 bits per heavy atom. The molecule has 1 amide bonds. The number of aliphatic hydroxyl groups excluding tert-OH is 1. The summed E-state index contributed by atoms with van der Waals surface area (Å²) in [5, 5.41) is 36.2. The molecule has 5 fully saturated rings. The molecule has 6 atom stereocenters. The second kappa shape index (κ2) is 20.6. The van der Waals surface area contributed by atoms with Gasteiger partial charge in [0.2, 0.25) is 5.91 Å². The van der Waals surface area contributed by atoms with Crippen LogP contribution in [0.3, 0.4) is 0 Å². The van der Waals surface area contributed by atoms with Crippen molar-refractivity contribution in [2.45, 2.75) is 121 Å². The first kappa shape index (κ1) is 51.1. The van der Waals surface area contributed by atoms with Crippen LogP contribution in [0, 0.1) is 30.6 Å². The summed E-state index contributed by atoms with van der Waals surface area (Å²) < 4.78 is 21.6. The molecule has 4 saturated heterocycles. The highest BCUT2D eigenvalue weighted by molar-refractivity contribution is 6.05. The van der Waals surface area contributed by atoms with Crippen LogP contribution < -0.4 is 36.1 Å². The minimum Gasteiger partial charge on any atom is -0.486 e. The summed E-state index contributed by atoms with van der Waals surface area (Å²) in [6.07, 6.45) is 13.1. The molecule has 1 saturated carbocycles. The number of fused-ring (bicyclic) bond motifs is 6. The molecule has 6 aromatic rings. The lowest BCUT2D eigenvalue weighted by atomic mass is 9.87. The van der Waals surface area contributed by atoms with Gasteiger partial charge in [-0.2, -0.15) is 15.1 Å². The zero-order valence-electron chi connectivity index (χ0n) is 44.9. The van der Waals surface area contributed by atoms with Gasteiger partial charge in [-0.1, -0.05) is 63.3 Å². The van der Waals surface area contributed by atoms with Crippen LogP contribution in [-0.2, 0) is 16.1 Å². The number of aliphatic hydroxyl groups is 1. The SMILES string of the molecule is C#Cc1ccc(C(C)NC(=O)C2CC(O)CN2C(=C)C(C(C)C)n2cc3c(n2)C(=C)Nc2cc(COc4c(-c5c(C)ccc(N)c5C=N)c(C5CC5)cc5c(N6CC7CC6CN7)nc(OC6CCOCC6)nc45)ccc2-3)cc1. The van der Waals surface area contributed by atoms with Gasteiger partial charge in [-0.05, 0) is 103 Å². The third kappa shape index (κ3) is 9.41. The van der Waals surface area contributed by atoms with Crippen molar-refractivity contribution < 1.29 is 24.1 Å². The summed E-state index contributed by atoms with van der Waals surface area (Å²) in [4.78, 5) is 29.0. The first-order valence-electron chi connectivity index (χ1n) is 27.6. The molecule has 7 heterocycles. The zero-order chi connectivity index (χ0) is 54.1. The van der Waals surface area contributed by atoms with E-state index in [1.165, 1.54) is 6.21 Å². The van der Waals surface area contributed by atoms with Crippen molar-refractivity contribution in [3.8, 4) is 46.4 Å². The van der Waals surface area contributed by atoms with Crippen molar-refractivity contribution in [3.63, 3.8) is 0 Å². The fraction of sp³-hybridized carbons (Fsp3) is 0.403. The number of nitrogens with one attached hydrogen (secondary N) is 4. The van der Waals surface area contributed by atoms with Gasteiger partial charge in [0.1, 0.15) is 35.8 Å². The van der Waals surface area contributed by atoms with E-state index in [0.717, 1.165) is 112 Å². The Hall–Kier alpha value is -7.71. The molecule has 4 aromatic carbocycles. The molecule has 78 heavy (non-hydrogen) atoms. The zero-order valence-corrected chi connectivity index (χ0v) is 44.9.